The summed E-state index contributed by atoms with van der Waals surface area (Å²) in [6.45, 7) is 9.99. The second-order valence-corrected chi connectivity index (χ2v) is 6.00. The fourth-order valence-electron chi connectivity index (χ4n) is 2.04. The van der Waals surface area contributed by atoms with Crippen molar-refractivity contribution in [1.29, 1.82) is 0 Å². The maximum atomic E-state index is 12.2. The van der Waals surface area contributed by atoms with Crippen molar-refractivity contribution in [2.45, 2.75) is 38.5 Å². The normalized spacial score (nSPS) is 10.9. The van der Waals surface area contributed by atoms with Gasteiger partial charge in [0.25, 0.3) is 0 Å². The van der Waals surface area contributed by atoms with Crippen LogP contribution < -0.4 is 0 Å². The van der Waals surface area contributed by atoms with E-state index in [1.165, 1.54) is 0 Å². The van der Waals surface area contributed by atoms with Crippen molar-refractivity contribution in [2.75, 3.05) is 32.0 Å². The van der Waals surface area contributed by atoms with E-state index < -0.39 is 0 Å². The second kappa shape index (κ2) is 10.7. The SMILES string of the molecule is CCCSc1ccccc1C(=O)OCCCN(CC)CC. The van der Waals surface area contributed by atoms with E-state index in [4.69, 9.17) is 4.74 Å². The molecule has 0 atom stereocenters. The number of benzene rings is 1. The largest absolute Gasteiger partial charge is 0.462 e. The van der Waals surface area contributed by atoms with Gasteiger partial charge in [-0.1, -0.05) is 32.9 Å². The fraction of sp³-hybridized carbons (Fsp3) is 0.588. The van der Waals surface area contributed by atoms with Crippen LogP contribution in [0.3, 0.4) is 0 Å². The van der Waals surface area contributed by atoms with Crippen LogP contribution >= 0.6 is 11.8 Å². The van der Waals surface area contributed by atoms with Gasteiger partial charge in [0.1, 0.15) is 0 Å². The Morgan fingerprint density at radius 2 is 1.90 bits per heavy atom. The van der Waals surface area contributed by atoms with Crippen molar-refractivity contribution in [3.05, 3.63) is 29.8 Å². The van der Waals surface area contributed by atoms with E-state index in [0.717, 1.165) is 43.1 Å². The van der Waals surface area contributed by atoms with Crippen molar-refractivity contribution in [1.82, 2.24) is 4.90 Å². The Hall–Kier alpha value is -1.00. The molecule has 21 heavy (non-hydrogen) atoms. The van der Waals surface area contributed by atoms with Crippen LogP contribution in [0, 0.1) is 0 Å². The zero-order chi connectivity index (χ0) is 15.5. The molecule has 0 radical (unpaired) electrons. The second-order valence-electron chi connectivity index (χ2n) is 4.86. The molecule has 0 aromatic heterocycles. The number of carbonyl (C=O) groups excluding carboxylic acids is 1. The number of nitrogens with zero attached hydrogens (tertiary/aromatic N) is 1. The third-order valence-corrected chi connectivity index (χ3v) is 4.59. The van der Waals surface area contributed by atoms with E-state index in [0.29, 0.717) is 12.2 Å². The smallest absolute Gasteiger partial charge is 0.339 e. The Morgan fingerprint density at radius 1 is 1.19 bits per heavy atom. The van der Waals surface area contributed by atoms with Gasteiger partial charge in [0.2, 0.25) is 0 Å². The number of hydrogen-bond donors (Lipinski definition) is 0. The molecule has 3 nitrogen and oxygen atoms in total. The maximum Gasteiger partial charge on any atom is 0.339 e. The average molecular weight is 309 g/mol. The lowest BCUT2D eigenvalue weighted by atomic mass is 10.2. The van der Waals surface area contributed by atoms with Gasteiger partial charge in [0, 0.05) is 11.4 Å². The van der Waals surface area contributed by atoms with Gasteiger partial charge in [-0.05, 0) is 43.8 Å². The van der Waals surface area contributed by atoms with Crippen molar-refractivity contribution in [3.63, 3.8) is 0 Å². The molecule has 0 bridgehead atoms. The highest BCUT2D eigenvalue weighted by Gasteiger charge is 2.12. The predicted molar refractivity (Wildman–Crippen MR) is 90.1 cm³/mol. The number of carbonyl (C=O) groups is 1. The molecule has 0 aliphatic carbocycles. The zero-order valence-corrected chi connectivity index (χ0v) is 14.2. The molecule has 1 rings (SSSR count). The Morgan fingerprint density at radius 3 is 2.57 bits per heavy atom. The van der Waals surface area contributed by atoms with Gasteiger partial charge in [-0.3, -0.25) is 0 Å². The minimum Gasteiger partial charge on any atom is -0.462 e. The van der Waals surface area contributed by atoms with Gasteiger partial charge in [-0.15, -0.1) is 11.8 Å². The Labute approximate surface area is 133 Å². The summed E-state index contributed by atoms with van der Waals surface area (Å²) in [6.07, 6.45) is 1.98. The van der Waals surface area contributed by atoms with E-state index in [1.807, 2.05) is 24.3 Å². The van der Waals surface area contributed by atoms with Crippen molar-refractivity contribution in [2.24, 2.45) is 0 Å². The molecule has 0 saturated carbocycles. The molecule has 0 fully saturated rings. The molecular formula is C17H27NO2S. The summed E-state index contributed by atoms with van der Waals surface area (Å²) < 4.78 is 5.41. The van der Waals surface area contributed by atoms with Crippen LogP contribution in [0.2, 0.25) is 0 Å². The van der Waals surface area contributed by atoms with Gasteiger partial charge < -0.3 is 9.64 Å². The molecule has 0 amide bonds. The van der Waals surface area contributed by atoms with Crippen LogP contribution in [0.1, 0.15) is 44.0 Å². The highest BCUT2D eigenvalue weighted by atomic mass is 32.2. The van der Waals surface area contributed by atoms with Gasteiger partial charge in [-0.2, -0.15) is 0 Å². The molecule has 118 valence electrons. The number of ether oxygens (including phenoxy) is 1. The molecular weight excluding hydrogens is 282 g/mol. The topological polar surface area (TPSA) is 29.5 Å². The van der Waals surface area contributed by atoms with Gasteiger partial charge in [0.05, 0.1) is 12.2 Å². The summed E-state index contributed by atoms with van der Waals surface area (Å²) in [4.78, 5) is 15.5. The number of esters is 1. The minimum absolute atomic E-state index is 0.200. The van der Waals surface area contributed by atoms with Crippen LogP contribution in [0.5, 0.6) is 0 Å². The van der Waals surface area contributed by atoms with E-state index in [9.17, 15) is 4.79 Å². The van der Waals surface area contributed by atoms with E-state index >= 15 is 0 Å². The molecule has 0 unspecified atom stereocenters. The summed E-state index contributed by atoms with van der Waals surface area (Å²) in [7, 11) is 0. The minimum atomic E-state index is -0.200. The van der Waals surface area contributed by atoms with Crippen molar-refractivity contribution >= 4 is 17.7 Å². The highest BCUT2D eigenvalue weighted by molar-refractivity contribution is 7.99. The van der Waals surface area contributed by atoms with Crippen LogP contribution in [-0.2, 0) is 4.74 Å². The number of rotatable bonds is 10. The van der Waals surface area contributed by atoms with Gasteiger partial charge in [-0.25, -0.2) is 4.79 Å². The average Bonchev–Trinajstić information content (AvgIpc) is 2.53. The summed E-state index contributed by atoms with van der Waals surface area (Å²) in [5.74, 6) is 0.820. The third-order valence-electron chi connectivity index (χ3n) is 3.31. The Bertz CT molecular complexity index is 419. The quantitative estimate of drug-likeness (QED) is 0.370. The van der Waals surface area contributed by atoms with Crippen LogP contribution in [0.4, 0.5) is 0 Å². The highest BCUT2D eigenvalue weighted by Crippen LogP contribution is 2.23. The Kier molecular flexibility index (Phi) is 9.19. The van der Waals surface area contributed by atoms with Crippen LogP contribution in [0.15, 0.2) is 29.2 Å². The first kappa shape index (κ1) is 18.1. The third kappa shape index (κ3) is 6.53. The van der Waals surface area contributed by atoms with E-state index in [-0.39, 0.29) is 5.97 Å². The van der Waals surface area contributed by atoms with Gasteiger partial charge in [0.15, 0.2) is 0 Å². The molecule has 0 N–H and O–H groups in total. The molecule has 4 heteroatoms. The molecule has 0 heterocycles. The molecule has 0 aliphatic rings. The standard InChI is InChI=1S/C17H27NO2S/c1-4-14-21-16-11-8-7-10-15(16)17(19)20-13-9-12-18(5-2)6-3/h7-8,10-11H,4-6,9,12-14H2,1-3H3. The predicted octanol–water partition coefficient (Wildman–Crippen LogP) is 4.08. The van der Waals surface area contributed by atoms with Crippen LogP contribution in [0.25, 0.3) is 0 Å². The summed E-state index contributed by atoms with van der Waals surface area (Å²) in [5, 5.41) is 0. The molecule has 0 saturated heterocycles. The summed E-state index contributed by atoms with van der Waals surface area (Å²) in [5.41, 5.74) is 0.693. The van der Waals surface area contributed by atoms with Crippen LogP contribution in [-0.4, -0.2) is 42.9 Å². The first-order valence-electron chi connectivity index (χ1n) is 7.84. The van der Waals surface area contributed by atoms with Crippen molar-refractivity contribution < 1.29 is 9.53 Å². The monoisotopic (exact) mass is 309 g/mol. The maximum absolute atomic E-state index is 12.2. The number of thioether (sulfide) groups is 1. The molecule has 1 aromatic rings. The Balaban J connectivity index is 2.44. The molecule has 0 aliphatic heterocycles. The van der Waals surface area contributed by atoms with E-state index in [2.05, 4.69) is 25.7 Å². The van der Waals surface area contributed by atoms with E-state index in [1.54, 1.807) is 11.8 Å². The van der Waals surface area contributed by atoms with Crippen molar-refractivity contribution in [3.8, 4) is 0 Å². The first-order chi connectivity index (χ1) is 10.2. The summed E-state index contributed by atoms with van der Waals surface area (Å²) in [6, 6.07) is 7.70. The molecule has 0 spiro atoms. The summed E-state index contributed by atoms with van der Waals surface area (Å²) >= 11 is 1.72. The first-order valence-corrected chi connectivity index (χ1v) is 8.82. The lowest BCUT2D eigenvalue weighted by molar-refractivity contribution is 0.0485. The fourth-order valence-corrected chi connectivity index (χ4v) is 2.95. The van der Waals surface area contributed by atoms with Gasteiger partial charge >= 0.3 is 5.97 Å². The lowest BCUT2D eigenvalue weighted by Gasteiger charge is -2.17. The lowest BCUT2D eigenvalue weighted by Crippen LogP contribution is -2.25. The number of hydrogen-bond acceptors (Lipinski definition) is 4. The molecule has 1 aromatic carbocycles. The zero-order valence-electron chi connectivity index (χ0n) is 13.4.